The third-order valence-electron chi connectivity index (χ3n) is 2.12. The summed E-state index contributed by atoms with van der Waals surface area (Å²) < 4.78 is 5.19. The van der Waals surface area contributed by atoms with Crippen molar-refractivity contribution in [1.29, 1.82) is 0 Å². The Kier molecular flexibility index (Phi) is 6.03. The summed E-state index contributed by atoms with van der Waals surface area (Å²) in [7, 11) is 0. The Morgan fingerprint density at radius 1 is 1.47 bits per heavy atom. The van der Waals surface area contributed by atoms with Gasteiger partial charge in [-0.15, -0.1) is 0 Å². The molecule has 0 radical (unpaired) electrons. The minimum Gasteiger partial charge on any atom is -0.478 e. The van der Waals surface area contributed by atoms with Crippen molar-refractivity contribution in [2.75, 3.05) is 18.5 Å². The number of pyridine rings is 1. The normalized spacial score (nSPS) is 10.0. The summed E-state index contributed by atoms with van der Waals surface area (Å²) in [5, 5.41) is 11.3. The molecule has 0 fully saturated rings. The summed E-state index contributed by atoms with van der Waals surface area (Å²) in [4.78, 5) is 15.5. The average molecular weight is 238 g/mol. The third-order valence-corrected chi connectivity index (χ3v) is 2.12. The van der Waals surface area contributed by atoms with E-state index >= 15 is 0 Å². The number of aliphatic hydroxyl groups is 1. The number of ether oxygens (including phenoxy) is 1. The number of hydrogen-bond acceptors (Lipinski definition) is 4. The van der Waals surface area contributed by atoms with Crippen molar-refractivity contribution < 1.29 is 14.6 Å². The Bertz CT molecular complexity index is 338. The van der Waals surface area contributed by atoms with E-state index in [9.17, 15) is 4.79 Å². The number of nitrogens with one attached hydrogen (secondary N) is 1. The van der Waals surface area contributed by atoms with Gasteiger partial charge in [0.15, 0.2) is 0 Å². The van der Waals surface area contributed by atoms with E-state index < -0.39 is 0 Å². The lowest BCUT2D eigenvalue weighted by Gasteiger charge is -2.06. The number of aliphatic hydroxyl groups excluding tert-OH is 1. The van der Waals surface area contributed by atoms with E-state index in [1.807, 2.05) is 6.92 Å². The first-order chi connectivity index (χ1) is 8.26. The molecule has 0 bridgehead atoms. The highest BCUT2D eigenvalue weighted by atomic mass is 16.5. The van der Waals surface area contributed by atoms with Gasteiger partial charge in [-0.05, 0) is 25.8 Å². The first-order valence-electron chi connectivity index (χ1n) is 5.75. The Morgan fingerprint density at radius 2 is 2.29 bits per heavy atom. The molecule has 0 saturated heterocycles. The van der Waals surface area contributed by atoms with Gasteiger partial charge in [-0.3, -0.25) is 4.79 Å². The fraction of sp³-hybridized carbons (Fsp3) is 0.500. The van der Waals surface area contributed by atoms with Crippen LogP contribution in [0.2, 0.25) is 0 Å². The first kappa shape index (κ1) is 13.4. The molecule has 0 aliphatic rings. The summed E-state index contributed by atoms with van der Waals surface area (Å²) in [5.41, 5.74) is 0.655. The summed E-state index contributed by atoms with van der Waals surface area (Å²) >= 11 is 0. The standard InChI is InChI=1S/C12H18N2O3/c1-2-17-12-7-6-10(9-13-12)14-11(16)5-3-4-8-15/h6-7,9,15H,2-5,8H2,1H3,(H,14,16). The second-order valence-corrected chi connectivity index (χ2v) is 3.55. The molecule has 94 valence electrons. The Labute approximate surface area is 101 Å². The van der Waals surface area contributed by atoms with Crippen molar-refractivity contribution >= 4 is 11.6 Å². The zero-order valence-corrected chi connectivity index (χ0v) is 9.98. The van der Waals surface area contributed by atoms with Crippen LogP contribution in [0.4, 0.5) is 5.69 Å². The molecule has 0 atom stereocenters. The van der Waals surface area contributed by atoms with E-state index in [1.165, 1.54) is 0 Å². The fourth-order valence-corrected chi connectivity index (χ4v) is 1.31. The number of carbonyl (C=O) groups is 1. The molecule has 0 unspecified atom stereocenters. The van der Waals surface area contributed by atoms with Gasteiger partial charge >= 0.3 is 0 Å². The Balaban J connectivity index is 2.37. The van der Waals surface area contributed by atoms with Crippen LogP contribution in [-0.4, -0.2) is 29.2 Å². The van der Waals surface area contributed by atoms with Gasteiger partial charge in [0.25, 0.3) is 0 Å². The zero-order valence-electron chi connectivity index (χ0n) is 9.98. The maximum atomic E-state index is 11.4. The topological polar surface area (TPSA) is 71.5 Å². The summed E-state index contributed by atoms with van der Waals surface area (Å²) in [5.74, 6) is 0.482. The minimum atomic E-state index is -0.0654. The zero-order chi connectivity index (χ0) is 12.5. The van der Waals surface area contributed by atoms with Crippen molar-refractivity contribution in [3.63, 3.8) is 0 Å². The van der Waals surface area contributed by atoms with Crippen molar-refractivity contribution in [3.05, 3.63) is 18.3 Å². The number of rotatable bonds is 7. The van der Waals surface area contributed by atoms with Crippen molar-refractivity contribution in [2.24, 2.45) is 0 Å². The van der Waals surface area contributed by atoms with E-state index in [-0.39, 0.29) is 12.5 Å². The first-order valence-corrected chi connectivity index (χ1v) is 5.75. The van der Waals surface area contributed by atoms with Crippen LogP contribution in [0.25, 0.3) is 0 Å². The van der Waals surface area contributed by atoms with Gasteiger partial charge in [0.2, 0.25) is 11.8 Å². The predicted octanol–water partition coefficient (Wildman–Crippen LogP) is 1.58. The van der Waals surface area contributed by atoms with E-state index in [4.69, 9.17) is 9.84 Å². The highest BCUT2D eigenvalue weighted by Crippen LogP contribution is 2.12. The van der Waals surface area contributed by atoms with Gasteiger partial charge in [-0.1, -0.05) is 0 Å². The third kappa shape index (κ3) is 5.31. The van der Waals surface area contributed by atoms with Crippen LogP contribution in [0.15, 0.2) is 18.3 Å². The molecule has 5 nitrogen and oxygen atoms in total. The largest absolute Gasteiger partial charge is 0.478 e. The van der Waals surface area contributed by atoms with Crippen molar-refractivity contribution in [2.45, 2.75) is 26.2 Å². The van der Waals surface area contributed by atoms with E-state index in [0.29, 0.717) is 37.4 Å². The molecule has 17 heavy (non-hydrogen) atoms. The molecule has 1 aromatic rings. The maximum Gasteiger partial charge on any atom is 0.224 e. The average Bonchev–Trinajstić information content (AvgIpc) is 2.32. The lowest BCUT2D eigenvalue weighted by molar-refractivity contribution is -0.116. The molecule has 5 heteroatoms. The number of carbonyl (C=O) groups excluding carboxylic acids is 1. The SMILES string of the molecule is CCOc1ccc(NC(=O)CCCCO)cn1. The van der Waals surface area contributed by atoms with Gasteiger partial charge in [0, 0.05) is 19.1 Å². The highest BCUT2D eigenvalue weighted by molar-refractivity contribution is 5.90. The second kappa shape index (κ2) is 7.62. The fourth-order valence-electron chi connectivity index (χ4n) is 1.31. The molecular weight excluding hydrogens is 220 g/mol. The monoisotopic (exact) mass is 238 g/mol. The van der Waals surface area contributed by atoms with E-state index in [2.05, 4.69) is 10.3 Å². The molecule has 0 saturated carbocycles. The molecule has 0 aliphatic heterocycles. The quantitative estimate of drug-likeness (QED) is 0.707. The summed E-state index contributed by atoms with van der Waals surface area (Å²) in [6, 6.07) is 3.47. The molecule has 1 heterocycles. The highest BCUT2D eigenvalue weighted by Gasteiger charge is 2.02. The van der Waals surface area contributed by atoms with Crippen LogP contribution in [0.5, 0.6) is 5.88 Å². The molecule has 0 aliphatic carbocycles. The molecular formula is C12H18N2O3. The van der Waals surface area contributed by atoms with Crippen LogP contribution in [0.3, 0.4) is 0 Å². The van der Waals surface area contributed by atoms with Crippen LogP contribution in [0.1, 0.15) is 26.2 Å². The maximum absolute atomic E-state index is 11.4. The Morgan fingerprint density at radius 3 is 2.88 bits per heavy atom. The second-order valence-electron chi connectivity index (χ2n) is 3.55. The molecule has 1 amide bonds. The number of unbranched alkanes of at least 4 members (excludes halogenated alkanes) is 1. The van der Waals surface area contributed by atoms with Crippen molar-refractivity contribution in [3.8, 4) is 5.88 Å². The molecule has 1 aromatic heterocycles. The number of anilines is 1. The van der Waals surface area contributed by atoms with Crippen LogP contribution < -0.4 is 10.1 Å². The van der Waals surface area contributed by atoms with Gasteiger partial charge in [0.05, 0.1) is 18.5 Å². The van der Waals surface area contributed by atoms with E-state index in [0.717, 1.165) is 0 Å². The number of hydrogen-bond donors (Lipinski definition) is 2. The van der Waals surface area contributed by atoms with E-state index in [1.54, 1.807) is 18.3 Å². The number of aromatic nitrogens is 1. The molecule has 0 aromatic carbocycles. The van der Waals surface area contributed by atoms with Crippen LogP contribution in [-0.2, 0) is 4.79 Å². The lowest BCUT2D eigenvalue weighted by atomic mass is 10.2. The van der Waals surface area contributed by atoms with Crippen LogP contribution >= 0.6 is 0 Å². The Hall–Kier alpha value is -1.62. The molecule has 0 spiro atoms. The minimum absolute atomic E-state index is 0.0654. The van der Waals surface area contributed by atoms with Gasteiger partial charge in [-0.2, -0.15) is 0 Å². The number of amides is 1. The van der Waals surface area contributed by atoms with Gasteiger partial charge < -0.3 is 15.2 Å². The lowest BCUT2D eigenvalue weighted by Crippen LogP contribution is -2.11. The summed E-state index contributed by atoms with van der Waals surface area (Å²) in [6.45, 7) is 2.58. The predicted molar refractivity (Wildman–Crippen MR) is 65.0 cm³/mol. The van der Waals surface area contributed by atoms with Gasteiger partial charge in [-0.25, -0.2) is 4.98 Å². The summed E-state index contributed by atoms with van der Waals surface area (Å²) in [6.07, 6.45) is 3.31. The van der Waals surface area contributed by atoms with Gasteiger partial charge in [0.1, 0.15) is 0 Å². The number of nitrogens with zero attached hydrogens (tertiary/aromatic N) is 1. The van der Waals surface area contributed by atoms with Crippen LogP contribution in [0, 0.1) is 0 Å². The molecule has 1 rings (SSSR count). The van der Waals surface area contributed by atoms with Crippen molar-refractivity contribution in [1.82, 2.24) is 4.98 Å². The molecule has 2 N–H and O–H groups in total. The smallest absolute Gasteiger partial charge is 0.224 e.